The van der Waals surface area contributed by atoms with Crippen molar-refractivity contribution >= 4 is 11.8 Å². The van der Waals surface area contributed by atoms with E-state index in [4.69, 9.17) is 11.6 Å². The highest BCUT2D eigenvalue weighted by Crippen LogP contribution is 2.29. The number of alkyl halides is 5. The van der Waals surface area contributed by atoms with Crippen LogP contribution in [0.2, 0.25) is 0 Å². The molecule has 6 N–H and O–H groups in total. The van der Waals surface area contributed by atoms with Crippen molar-refractivity contribution < 1.29 is 31.5 Å². The number of nitrogens with two attached hydrogens (primary N) is 2. The van der Waals surface area contributed by atoms with Crippen LogP contribution in [0.1, 0.15) is 52.6 Å². The number of hydrogen-bond donors (Lipinski definition) is 4. The zero-order valence-corrected chi connectivity index (χ0v) is 22.5. The zero-order chi connectivity index (χ0) is 30.9. The summed E-state index contributed by atoms with van der Waals surface area (Å²) >= 11 is 0. The Morgan fingerprint density at radius 2 is 1.81 bits per heavy atom. The Morgan fingerprint density at radius 1 is 1.05 bits per heavy atom. The van der Waals surface area contributed by atoms with Crippen molar-refractivity contribution in [2.75, 3.05) is 6.54 Å². The number of aromatic nitrogens is 4. The molecule has 0 atom stereocenters. The van der Waals surface area contributed by atoms with Crippen molar-refractivity contribution in [3.05, 3.63) is 88.8 Å². The van der Waals surface area contributed by atoms with Gasteiger partial charge in [0.1, 0.15) is 5.70 Å². The van der Waals surface area contributed by atoms with Gasteiger partial charge in [-0.15, -0.1) is 5.10 Å². The summed E-state index contributed by atoms with van der Waals surface area (Å²) < 4.78 is 66.9. The molecule has 2 amide bonds. The van der Waals surface area contributed by atoms with Gasteiger partial charge in [0, 0.05) is 44.5 Å². The van der Waals surface area contributed by atoms with E-state index < -0.39 is 29.5 Å². The van der Waals surface area contributed by atoms with Crippen LogP contribution in [-0.2, 0) is 36.5 Å². The van der Waals surface area contributed by atoms with Crippen LogP contribution in [0.25, 0.3) is 0 Å². The Labute approximate surface area is 237 Å². The van der Waals surface area contributed by atoms with Crippen LogP contribution in [0.15, 0.2) is 60.7 Å². The van der Waals surface area contributed by atoms with E-state index in [0.29, 0.717) is 25.9 Å². The van der Waals surface area contributed by atoms with E-state index in [1.54, 1.807) is 0 Å². The Morgan fingerprint density at radius 3 is 2.52 bits per heavy atom. The summed E-state index contributed by atoms with van der Waals surface area (Å²) in [6, 6.07) is 7.00. The summed E-state index contributed by atoms with van der Waals surface area (Å²) in [5.74, 6) is 1.60. The molecule has 11 nitrogen and oxygen atoms in total. The molecule has 1 aromatic carbocycles. The fourth-order valence-electron chi connectivity index (χ4n) is 3.63. The largest absolute Gasteiger partial charge is 0.416 e. The number of benzene rings is 1. The molecular weight excluding hydrogens is 565 g/mol. The van der Waals surface area contributed by atoms with E-state index in [0.717, 1.165) is 19.1 Å². The average molecular weight is 596 g/mol. The van der Waals surface area contributed by atoms with Gasteiger partial charge in [-0.05, 0) is 42.7 Å². The maximum Gasteiger partial charge on any atom is 0.416 e. The third-order valence-electron chi connectivity index (χ3n) is 5.85. The summed E-state index contributed by atoms with van der Waals surface area (Å²) in [6.45, 7) is 1.27. The van der Waals surface area contributed by atoms with Gasteiger partial charge in [-0.3, -0.25) is 19.3 Å². The molecule has 0 aliphatic heterocycles. The minimum atomic E-state index is -4.49. The number of aryl methyl sites for hydroxylation is 1. The Hall–Kier alpha value is -4.60. The molecule has 0 spiro atoms. The molecule has 0 aliphatic carbocycles. The lowest BCUT2D eigenvalue weighted by molar-refractivity contribution is -0.137. The molecule has 0 radical (unpaired) electrons. The van der Waals surface area contributed by atoms with Gasteiger partial charge < -0.3 is 21.4 Å². The minimum absolute atomic E-state index is 0.0410. The average Bonchev–Trinajstić information content (AvgIpc) is 3.41. The lowest BCUT2D eigenvalue weighted by atomic mass is 10.1. The van der Waals surface area contributed by atoms with Gasteiger partial charge in [0.25, 0.3) is 17.7 Å². The maximum absolute atomic E-state index is 13.5. The normalized spacial score (nSPS) is 12.2. The Balaban J connectivity index is 1.38. The second-order valence-corrected chi connectivity index (χ2v) is 9.38. The summed E-state index contributed by atoms with van der Waals surface area (Å²) in [6.07, 6.45) is 0.539. The monoisotopic (exact) mass is 595 g/mol. The topological polar surface area (TPSA) is 157 Å². The number of carbonyl (C=O) groups is 2. The molecule has 42 heavy (non-hydrogen) atoms. The first-order valence-corrected chi connectivity index (χ1v) is 12.7. The number of nitrogens with zero attached hydrogens (tertiary/aromatic N) is 5. The first kappa shape index (κ1) is 31.9. The third-order valence-corrected chi connectivity index (χ3v) is 5.85. The molecule has 0 saturated heterocycles. The number of nitrogens with one attached hydrogen (secondary N) is 2. The SMILES string of the molecule is CC(F)(F)c1ccnc(CNC(=O)c2cn(CCCCN(N)/C=C(\N)C(=O)NCc3cccc(C(F)(F)F)c3)nn2)c1. The van der Waals surface area contributed by atoms with Crippen LogP contribution >= 0.6 is 0 Å². The number of rotatable bonds is 13. The second kappa shape index (κ2) is 13.8. The number of amides is 2. The molecule has 3 aromatic rings. The molecule has 226 valence electrons. The van der Waals surface area contributed by atoms with Gasteiger partial charge >= 0.3 is 6.18 Å². The van der Waals surface area contributed by atoms with E-state index in [2.05, 4.69) is 25.9 Å². The fourth-order valence-corrected chi connectivity index (χ4v) is 3.63. The minimum Gasteiger partial charge on any atom is -0.393 e. The predicted octanol–water partition coefficient (Wildman–Crippen LogP) is 2.81. The number of halogens is 5. The van der Waals surface area contributed by atoms with Crippen molar-refractivity contribution in [1.29, 1.82) is 0 Å². The van der Waals surface area contributed by atoms with E-state index in [-0.39, 0.29) is 41.3 Å². The van der Waals surface area contributed by atoms with Gasteiger partial charge in [-0.25, -0.2) is 14.6 Å². The molecule has 2 heterocycles. The van der Waals surface area contributed by atoms with Gasteiger partial charge in [-0.1, -0.05) is 17.3 Å². The van der Waals surface area contributed by atoms with E-state index in [1.165, 1.54) is 52.5 Å². The Bertz CT molecular complexity index is 1400. The lowest BCUT2D eigenvalue weighted by Crippen LogP contribution is -2.33. The molecule has 16 heteroatoms. The number of unbranched alkanes of at least 4 members (excludes halogenated alkanes) is 1. The lowest BCUT2D eigenvalue weighted by Gasteiger charge is -2.15. The highest BCUT2D eigenvalue weighted by molar-refractivity contribution is 5.92. The van der Waals surface area contributed by atoms with Crippen LogP contribution in [0.3, 0.4) is 0 Å². The molecule has 0 bridgehead atoms. The zero-order valence-electron chi connectivity index (χ0n) is 22.5. The fraction of sp³-hybridized carbons (Fsp3) is 0.346. The van der Waals surface area contributed by atoms with Crippen molar-refractivity contribution in [1.82, 2.24) is 35.6 Å². The number of hydrogen-bond acceptors (Lipinski definition) is 8. The number of hydrazine groups is 1. The molecule has 0 unspecified atom stereocenters. The highest BCUT2D eigenvalue weighted by Gasteiger charge is 2.30. The van der Waals surface area contributed by atoms with Crippen molar-refractivity contribution in [3.63, 3.8) is 0 Å². The van der Waals surface area contributed by atoms with Crippen LogP contribution in [0.4, 0.5) is 22.0 Å². The molecule has 2 aromatic heterocycles. The van der Waals surface area contributed by atoms with Gasteiger partial charge in [0.15, 0.2) is 5.69 Å². The van der Waals surface area contributed by atoms with Crippen molar-refractivity contribution in [2.24, 2.45) is 11.6 Å². The molecular formula is C26H30F5N9O2. The quantitative estimate of drug-likeness (QED) is 0.0773. The summed E-state index contributed by atoms with van der Waals surface area (Å²) in [4.78, 5) is 28.5. The van der Waals surface area contributed by atoms with Gasteiger partial charge in [-0.2, -0.15) is 13.2 Å². The van der Waals surface area contributed by atoms with Crippen molar-refractivity contribution in [3.8, 4) is 0 Å². The smallest absolute Gasteiger partial charge is 0.393 e. The molecule has 0 fully saturated rings. The number of pyridine rings is 1. The molecule has 0 aliphatic rings. The van der Waals surface area contributed by atoms with Crippen LogP contribution in [0, 0.1) is 0 Å². The third kappa shape index (κ3) is 9.79. The number of carbonyl (C=O) groups excluding carboxylic acids is 2. The highest BCUT2D eigenvalue weighted by atomic mass is 19.4. The summed E-state index contributed by atoms with van der Waals surface area (Å²) in [5.41, 5.74) is 5.06. The van der Waals surface area contributed by atoms with E-state index in [1.807, 2.05) is 0 Å². The van der Waals surface area contributed by atoms with Crippen LogP contribution in [0.5, 0.6) is 0 Å². The van der Waals surface area contributed by atoms with Crippen LogP contribution < -0.4 is 22.2 Å². The Kier molecular flexibility index (Phi) is 10.5. The predicted molar refractivity (Wildman–Crippen MR) is 141 cm³/mol. The molecule has 3 rings (SSSR count). The first-order chi connectivity index (χ1) is 19.7. The van der Waals surface area contributed by atoms with E-state index >= 15 is 0 Å². The van der Waals surface area contributed by atoms with Gasteiger partial charge in [0.05, 0.1) is 24.0 Å². The first-order valence-electron chi connectivity index (χ1n) is 12.7. The van der Waals surface area contributed by atoms with Gasteiger partial charge in [0.2, 0.25) is 0 Å². The standard InChI is InChI=1S/C26H30F5N9O2/c1-25(27,28)18-7-8-34-20(12-18)14-36-24(42)22-16-40(38-37-22)10-3-2-9-39(33)15-21(32)23(41)35-13-17-5-4-6-19(11-17)26(29,30)31/h4-8,11-12,15-16H,2-3,9-10,13-14,32-33H2,1H3,(H,35,41)(H,36,42)/b21-15-. The molecule has 0 saturated carbocycles. The van der Waals surface area contributed by atoms with E-state index in [9.17, 15) is 31.5 Å². The maximum atomic E-state index is 13.5. The second-order valence-electron chi connectivity index (χ2n) is 9.38. The summed E-state index contributed by atoms with van der Waals surface area (Å²) in [7, 11) is 0. The summed E-state index contributed by atoms with van der Waals surface area (Å²) in [5, 5.41) is 13.9. The van der Waals surface area contributed by atoms with Crippen LogP contribution in [-0.4, -0.2) is 43.3 Å². The van der Waals surface area contributed by atoms with Crippen molar-refractivity contribution in [2.45, 2.75) is 51.5 Å².